The van der Waals surface area contributed by atoms with Gasteiger partial charge in [-0.15, -0.1) is 0 Å². The van der Waals surface area contributed by atoms with Gasteiger partial charge in [-0.2, -0.15) is 0 Å². The standard InChI is InChI=1S/C25H20Cl2N2O/c26-16-9-11-20(22(27)13-16)24-19-8-4-7-18(19)21-14-17(10-12-23(21)29-24)28-25(30)15-5-2-1-3-6-15/h1-7,9-14,18-19,24,29H,8H2,(H,28,30). The zero-order chi connectivity index (χ0) is 20.7. The van der Waals surface area contributed by atoms with Crippen LogP contribution in [0, 0.1) is 5.92 Å². The summed E-state index contributed by atoms with van der Waals surface area (Å²) in [6.45, 7) is 0. The molecular formula is C25H20Cl2N2O. The zero-order valence-electron chi connectivity index (χ0n) is 16.1. The molecule has 0 spiro atoms. The molecule has 1 amide bonds. The molecule has 5 heteroatoms. The quantitative estimate of drug-likeness (QED) is 0.432. The largest absolute Gasteiger partial charge is 0.378 e. The average molecular weight is 435 g/mol. The van der Waals surface area contributed by atoms with Crippen LogP contribution in [-0.4, -0.2) is 5.91 Å². The molecule has 1 heterocycles. The number of halogens is 2. The fourth-order valence-corrected chi connectivity index (χ4v) is 5.05. The maximum Gasteiger partial charge on any atom is 0.255 e. The first-order chi connectivity index (χ1) is 14.6. The summed E-state index contributed by atoms with van der Waals surface area (Å²) in [4.78, 5) is 12.5. The summed E-state index contributed by atoms with van der Waals surface area (Å²) < 4.78 is 0. The van der Waals surface area contributed by atoms with Gasteiger partial charge in [-0.3, -0.25) is 4.79 Å². The van der Waals surface area contributed by atoms with E-state index < -0.39 is 0 Å². The summed E-state index contributed by atoms with van der Waals surface area (Å²) in [5.41, 5.74) is 4.76. The van der Waals surface area contributed by atoms with Gasteiger partial charge >= 0.3 is 0 Å². The lowest BCUT2D eigenvalue weighted by molar-refractivity contribution is 0.102. The van der Waals surface area contributed by atoms with Crippen LogP contribution < -0.4 is 10.6 Å². The van der Waals surface area contributed by atoms with Crippen LogP contribution in [-0.2, 0) is 0 Å². The highest BCUT2D eigenvalue weighted by Gasteiger charge is 2.38. The van der Waals surface area contributed by atoms with Gasteiger partial charge in [-0.25, -0.2) is 0 Å². The van der Waals surface area contributed by atoms with E-state index in [1.54, 1.807) is 6.07 Å². The van der Waals surface area contributed by atoms with Crippen LogP contribution in [0.2, 0.25) is 10.0 Å². The molecule has 5 rings (SSSR count). The number of carbonyl (C=O) groups excluding carboxylic acids is 1. The maximum absolute atomic E-state index is 12.5. The van der Waals surface area contributed by atoms with Crippen LogP contribution in [0.4, 0.5) is 11.4 Å². The molecule has 0 saturated heterocycles. The van der Waals surface area contributed by atoms with Gasteiger partial charge < -0.3 is 10.6 Å². The number of rotatable bonds is 3. The van der Waals surface area contributed by atoms with Gasteiger partial charge in [0.1, 0.15) is 0 Å². The molecule has 30 heavy (non-hydrogen) atoms. The Bertz CT molecular complexity index is 1140. The third-order valence-electron chi connectivity index (χ3n) is 5.95. The highest BCUT2D eigenvalue weighted by molar-refractivity contribution is 6.35. The summed E-state index contributed by atoms with van der Waals surface area (Å²) in [6.07, 6.45) is 5.48. The number of carbonyl (C=O) groups is 1. The van der Waals surface area contributed by atoms with E-state index in [1.165, 1.54) is 5.56 Å². The summed E-state index contributed by atoms with van der Waals surface area (Å²) in [7, 11) is 0. The molecule has 2 N–H and O–H groups in total. The summed E-state index contributed by atoms with van der Waals surface area (Å²) >= 11 is 12.6. The number of anilines is 2. The third kappa shape index (κ3) is 3.49. The first kappa shape index (κ1) is 19.2. The molecule has 1 aliphatic carbocycles. The summed E-state index contributed by atoms with van der Waals surface area (Å²) in [5.74, 6) is 0.520. The molecule has 0 saturated carbocycles. The molecular weight excluding hydrogens is 415 g/mol. The van der Waals surface area contributed by atoms with Gasteiger partial charge in [0.15, 0.2) is 0 Å². The minimum absolute atomic E-state index is 0.104. The van der Waals surface area contributed by atoms with Crippen molar-refractivity contribution < 1.29 is 4.79 Å². The second kappa shape index (κ2) is 7.82. The van der Waals surface area contributed by atoms with E-state index in [2.05, 4.69) is 28.9 Å². The molecule has 3 aromatic rings. The lowest BCUT2D eigenvalue weighted by atomic mass is 9.77. The minimum Gasteiger partial charge on any atom is -0.378 e. The van der Waals surface area contributed by atoms with Gasteiger partial charge in [0.05, 0.1) is 6.04 Å². The number of benzene rings is 3. The molecule has 3 aromatic carbocycles. The molecule has 150 valence electrons. The Morgan fingerprint density at radius 3 is 2.60 bits per heavy atom. The molecule has 0 fully saturated rings. The van der Waals surface area contributed by atoms with E-state index in [9.17, 15) is 4.79 Å². The van der Waals surface area contributed by atoms with Crippen LogP contribution in [0.5, 0.6) is 0 Å². The number of hydrogen-bond donors (Lipinski definition) is 2. The first-order valence-electron chi connectivity index (χ1n) is 9.98. The number of amides is 1. The van der Waals surface area contributed by atoms with Crippen molar-refractivity contribution >= 4 is 40.5 Å². The second-order valence-corrected chi connectivity index (χ2v) is 8.61. The Morgan fingerprint density at radius 2 is 1.80 bits per heavy atom. The second-order valence-electron chi connectivity index (χ2n) is 7.76. The Labute approximate surface area is 185 Å². The third-order valence-corrected chi connectivity index (χ3v) is 6.52. The van der Waals surface area contributed by atoms with Crippen LogP contribution in [0.25, 0.3) is 0 Å². The fraction of sp³-hybridized carbons (Fsp3) is 0.160. The topological polar surface area (TPSA) is 41.1 Å². The van der Waals surface area contributed by atoms with Gasteiger partial charge in [0.25, 0.3) is 5.91 Å². The smallest absolute Gasteiger partial charge is 0.255 e. The van der Waals surface area contributed by atoms with Crippen molar-refractivity contribution in [1.29, 1.82) is 0 Å². The summed E-state index contributed by atoms with van der Waals surface area (Å²) in [5, 5.41) is 8.02. The van der Waals surface area contributed by atoms with E-state index in [0.717, 1.165) is 23.4 Å². The fourth-order valence-electron chi connectivity index (χ4n) is 4.53. The van der Waals surface area contributed by atoms with E-state index in [-0.39, 0.29) is 17.9 Å². The van der Waals surface area contributed by atoms with Crippen molar-refractivity contribution in [3.63, 3.8) is 0 Å². The van der Waals surface area contributed by atoms with Crippen molar-refractivity contribution in [2.45, 2.75) is 18.4 Å². The zero-order valence-corrected chi connectivity index (χ0v) is 17.6. The highest BCUT2D eigenvalue weighted by atomic mass is 35.5. The molecule has 2 aliphatic rings. The van der Waals surface area contributed by atoms with Crippen LogP contribution in [0.1, 0.15) is 39.9 Å². The minimum atomic E-state index is -0.108. The highest BCUT2D eigenvalue weighted by Crippen LogP contribution is 2.51. The predicted molar refractivity (Wildman–Crippen MR) is 124 cm³/mol. The molecule has 3 nitrogen and oxygen atoms in total. The lowest BCUT2D eigenvalue weighted by Crippen LogP contribution is -2.29. The molecule has 0 bridgehead atoms. The molecule has 1 aliphatic heterocycles. The van der Waals surface area contributed by atoms with E-state index in [4.69, 9.17) is 23.2 Å². The van der Waals surface area contributed by atoms with Crippen molar-refractivity contribution in [3.05, 3.63) is 106 Å². The Kier molecular flexibility index (Phi) is 5.01. The first-order valence-corrected chi connectivity index (χ1v) is 10.7. The van der Waals surface area contributed by atoms with E-state index in [0.29, 0.717) is 21.5 Å². The van der Waals surface area contributed by atoms with Crippen molar-refractivity contribution in [3.8, 4) is 0 Å². The number of allylic oxidation sites excluding steroid dienone is 2. The molecule has 3 atom stereocenters. The number of fused-ring (bicyclic) bond motifs is 3. The molecule has 0 radical (unpaired) electrons. The maximum atomic E-state index is 12.5. The normalized spacial score (nSPS) is 21.5. The van der Waals surface area contributed by atoms with Gasteiger partial charge in [-0.1, -0.05) is 59.6 Å². The van der Waals surface area contributed by atoms with Crippen LogP contribution in [0.3, 0.4) is 0 Å². The predicted octanol–water partition coefficient (Wildman–Crippen LogP) is 7.07. The Morgan fingerprint density at radius 1 is 0.967 bits per heavy atom. The van der Waals surface area contributed by atoms with Gasteiger partial charge in [0, 0.05) is 32.9 Å². The van der Waals surface area contributed by atoms with E-state index >= 15 is 0 Å². The van der Waals surface area contributed by atoms with Gasteiger partial charge in [-0.05, 0) is 65.9 Å². The SMILES string of the molecule is O=C(Nc1ccc2c(c1)C1C=CCC1C(c1ccc(Cl)cc1Cl)N2)c1ccccc1. The molecule has 3 unspecified atom stereocenters. The Hall–Kier alpha value is -2.75. The lowest BCUT2D eigenvalue weighted by Gasteiger charge is -2.38. The monoisotopic (exact) mass is 434 g/mol. The Balaban J connectivity index is 1.46. The van der Waals surface area contributed by atoms with Crippen molar-refractivity contribution in [1.82, 2.24) is 0 Å². The number of nitrogens with one attached hydrogen (secondary N) is 2. The van der Waals surface area contributed by atoms with Gasteiger partial charge in [0.2, 0.25) is 0 Å². The molecule has 0 aromatic heterocycles. The number of hydrogen-bond acceptors (Lipinski definition) is 2. The van der Waals surface area contributed by atoms with E-state index in [1.807, 2.05) is 54.6 Å². The van der Waals surface area contributed by atoms with Crippen molar-refractivity contribution in [2.24, 2.45) is 5.92 Å². The van der Waals surface area contributed by atoms with Crippen LogP contribution >= 0.6 is 23.2 Å². The average Bonchev–Trinajstić information content (AvgIpc) is 3.25. The van der Waals surface area contributed by atoms with Crippen LogP contribution in [0.15, 0.2) is 78.9 Å². The van der Waals surface area contributed by atoms with Crippen molar-refractivity contribution in [2.75, 3.05) is 10.6 Å². The summed E-state index contributed by atoms with van der Waals surface area (Å²) in [6, 6.07) is 21.1.